The summed E-state index contributed by atoms with van der Waals surface area (Å²) in [6.07, 6.45) is 0. The number of benzene rings is 1. The van der Waals surface area contributed by atoms with E-state index in [9.17, 15) is 4.79 Å². The lowest BCUT2D eigenvalue weighted by atomic mass is 10.1. The summed E-state index contributed by atoms with van der Waals surface area (Å²) in [7, 11) is 0. The molecule has 1 aromatic heterocycles. The maximum atomic E-state index is 11.3. The average molecular weight is 257 g/mol. The highest BCUT2D eigenvalue weighted by molar-refractivity contribution is 5.99. The van der Waals surface area contributed by atoms with Crippen LogP contribution in [0.25, 0.3) is 0 Å². The minimum atomic E-state index is -0.213. The third-order valence-electron chi connectivity index (χ3n) is 2.53. The predicted molar refractivity (Wildman–Crippen MR) is 76.3 cm³/mol. The van der Waals surface area contributed by atoms with Crippen LogP contribution < -0.4 is 16.7 Å². The molecule has 0 saturated carbocycles. The maximum absolute atomic E-state index is 11.3. The van der Waals surface area contributed by atoms with Crippen molar-refractivity contribution < 1.29 is 0 Å². The Bertz CT molecular complexity index is 657. The molecule has 0 aliphatic carbocycles. The molecule has 19 heavy (non-hydrogen) atoms. The zero-order valence-electron chi connectivity index (χ0n) is 10.8. The molecule has 1 aromatic carbocycles. The molecule has 1 heterocycles. The Morgan fingerprint density at radius 3 is 2.68 bits per heavy atom. The van der Waals surface area contributed by atoms with E-state index in [0.29, 0.717) is 17.3 Å². The summed E-state index contributed by atoms with van der Waals surface area (Å²) >= 11 is 0. The number of hydrogen-bond donors (Lipinski definition) is 3. The first-order chi connectivity index (χ1) is 9.04. The van der Waals surface area contributed by atoms with Crippen LogP contribution in [-0.2, 0) is 0 Å². The van der Waals surface area contributed by atoms with Crippen molar-refractivity contribution in [2.45, 2.75) is 13.8 Å². The van der Waals surface area contributed by atoms with Crippen LogP contribution in [-0.4, -0.2) is 15.7 Å². The monoisotopic (exact) mass is 257 g/mol. The van der Waals surface area contributed by atoms with Crippen molar-refractivity contribution in [3.05, 3.63) is 51.9 Å². The van der Waals surface area contributed by atoms with E-state index in [1.54, 1.807) is 19.1 Å². The standard InChI is InChI=1S/C13H15N5O/c1-8-7-12(19)16-13(15-8)18-17-9(2)10-3-5-11(14)6-4-10/h3-7H,14H2,1-2H3,(H2,15,16,18,19)/b17-9+. The van der Waals surface area contributed by atoms with Crippen molar-refractivity contribution in [3.8, 4) is 0 Å². The normalized spacial score (nSPS) is 11.4. The number of hydrogen-bond acceptors (Lipinski definition) is 5. The van der Waals surface area contributed by atoms with Crippen molar-refractivity contribution in [2.24, 2.45) is 5.10 Å². The summed E-state index contributed by atoms with van der Waals surface area (Å²) in [6, 6.07) is 8.79. The summed E-state index contributed by atoms with van der Waals surface area (Å²) in [4.78, 5) is 17.9. The molecule has 0 saturated heterocycles. The molecule has 0 aliphatic rings. The third kappa shape index (κ3) is 3.41. The molecule has 0 radical (unpaired) electrons. The van der Waals surface area contributed by atoms with Crippen LogP contribution in [0.1, 0.15) is 18.2 Å². The number of anilines is 2. The van der Waals surface area contributed by atoms with Crippen LogP contribution in [0.2, 0.25) is 0 Å². The summed E-state index contributed by atoms with van der Waals surface area (Å²) in [5.74, 6) is 0.319. The van der Waals surface area contributed by atoms with Crippen molar-refractivity contribution in [1.82, 2.24) is 9.97 Å². The second-order valence-corrected chi connectivity index (χ2v) is 4.17. The number of aromatic nitrogens is 2. The largest absolute Gasteiger partial charge is 0.399 e. The second-order valence-electron chi connectivity index (χ2n) is 4.17. The lowest BCUT2D eigenvalue weighted by Gasteiger charge is -2.03. The Hall–Kier alpha value is -2.63. The number of H-pyrrole nitrogens is 1. The summed E-state index contributed by atoms with van der Waals surface area (Å²) in [6.45, 7) is 3.60. The van der Waals surface area contributed by atoms with Gasteiger partial charge in [0.15, 0.2) is 0 Å². The van der Waals surface area contributed by atoms with Gasteiger partial charge in [-0.05, 0) is 31.5 Å². The number of hydrazone groups is 1. The molecule has 6 heteroatoms. The molecular weight excluding hydrogens is 242 g/mol. The number of aromatic amines is 1. The Morgan fingerprint density at radius 1 is 1.37 bits per heavy atom. The van der Waals surface area contributed by atoms with E-state index in [-0.39, 0.29) is 5.56 Å². The SMILES string of the molecule is C/C(=N\Nc1nc(C)cc(=O)[nH]1)c1ccc(N)cc1. The number of rotatable bonds is 3. The van der Waals surface area contributed by atoms with Gasteiger partial charge in [0.05, 0.1) is 5.71 Å². The first-order valence-corrected chi connectivity index (χ1v) is 5.79. The number of nitrogens with one attached hydrogen (secondary N) is 2. The van der Waals surface area contributed by atoms with E-state index < -0.39 is 0 Å². The van der Waals surface area contributed by atoms with Gasteiger partial charge in [0.1, 0.15) is 0 Å². The summed E-state index contributed by atoms with van der Waals surface area (Å²) in [5.41, 5.74) is 11.2. The fourth-order valence-corrected chi connectivity index (χ4v) is 1.56. The molecule has 6 nitrogen and oxygen atoms in total. The van der Waals surface area contributed by atoms with E-state index in [1.165, 1.54) is 6.07 Å². The van der Waals surface area contributed by atoms with Crippen LogP contribution in [0.5, 0.6) is 0 Å². The van der Waals surface area contributed by atoms with Gasteiger partial charge in [-0.15, -0.1) is 0 Å². The zero-order chi connectivity index (χ0) is 13.8. The molecule has 0 aliphatic heterocycles. The highest BCUT2D eigenvalue weighted by Gasteiger charge is 1.99. The van der Waals surface area contributed by atoms with Gasteiger partial charge in [-0.3, -0.25) is 9.78 Å². The number of nitrogens with two attached hydrogens (primary N) is 1. The van der Waals surface area contributed by atoms with Gasteiger partial charge in [0, 0.05) is 17.4 Å². The predicted octanol–water partition coefficient (Wildman–Crippen LogP) is 1.50. The molecular formula is C13H15N5O. The summed E-state index contributed by atoms with van der Waals surface area (Å²) < 4.78 is 0. The Balaban J connectivity index is 2.17. The van der Waals surface area contributed by atoms with E-state index in [0.717, 1.165) is 11.3 Å². The highest BCUT2D eigenvalue weighted by Crippen LogP contribution is 2.07. The molecule has 0 atom stereocenters. The van der Waals surface area contributed by atoms with Crippen LogP contribution >= 0.6 is 0 Å². The molecule has 0 unspecified atom stereocenters. The fourth-order valence-electron chi connectivity index (χ4n) is 1.56. The summed E-state index contributed by atoms with van der Waals surface area (Å²) in [5, 5.41) is 4.17. The molecule has 0 fully saturated rings. The molecule has 98 valence electrons. The first-order valence-electron chi connectivity index (χ1n) is 5.79. The molecule has 0 amide bonds. The van der Waals surface area contributed by atoms with Crippen molar-refractivity contribution in [1.29, 1.82) is 0 Å². The minimum absolute atomic E-state index is 0.213. The molecule has 2 rings (SSSR count). The Morgan fingerprint density at radius 2 is 2.05 bits per heavy atom. The van der Waals surface area contributed by atoms with Crippen LogP contribution in [0.4, 0.5) is 11.6 Å². The maximum Gasteiger partial charge on any atom is 0.252 e. The van der Waals surface area contributed by atoms with Gasteiger partial charge >= 0.3 is 0 Å². The van der Waals surface area contributed by atoms with E-state index in [2.05, 4.69) is 20.5 Å². The van der Waals surface area contributed by atoms with Crippen molar-refractivity contribution in [2.75, 3.05) is 11.2 Å². The van der Waals surface area contributed by atoms with Gasteiger partial charge in [-0.1, -0.05) is 12.1 Å². The van der Waals surface area contributed by atoms with Gasteiger partial charge in [-0.2, -0.15) is 5.10 Å². The quantitative estimate of drug-likeness (QED) is 0.441. The smallest absolute Gasteiger partial charge is 0.252 e. The van der Waals surface area contributed by atoms with Gasteiger partial charge in [-0.25, -0.2) is 10.4 Å². The van der Waals surface area contributed by atoms with E-state index in [4.69, 9.17) is 5.73 Å². The van der Waals surface area contributed by atoms with Crippen LogP contribution in [0.15, 0.2) is 40.2 Å². The lowest BCUT2D eigenvalue weighted by molar-refractivity contribution is 1.04. The topological polar surface area (TPSA) is 96.2 Å². The molecule has 2 aromatic rings. The third-order valence-corrected chi connectivity index (χ3v) is 2.53. The Kier molecular flexibility index (Phi) is 3.61. The highest BCUT2D eigenvalue weighted by atomic mass is 16.1. The van der Waals surface area contributed by atoms with Crippen LogP contribution in [0.3, 0.4) is 0 Å². The van der Waals surface area contributed by atoms with E-state index >= 15 is 0 Å². The minimum Gasteiger partial charge on any atom is -0.399 e. The van der Waals surface area contributed by atoms with Gasteiger partial charge in [0.25, 0.3) is 5.56 Å². The lowest BCUT2D eigenvalue weighted by Crippen LogP contribution is -2.11. The van der Waals surface area contributed by atoms with Gasteiger partial charge < -0.3 is 5.73 Å². The molecule has 4 N–H and O–H groups in total. The second kappa shape index (κ2) is 5.34. The zero-order valence-corrected chi connectivity index (χ0v) is 10.8. The van der Waals surface area contributed by atoms with E-state index in [1.807, 2.05) is 19.1 Å². The average Bonchev–Trinajstić information content (AvgIpc) is 2.36. The fraction of sp³-hybridized carbons (Fsp3) is 0.154. The van der Waals surface area contributed by atoms with Gasteiger partial charge in [0.2, 0.25) is 5.95 Å². The molecule has 0 spiro atoms. The number of aryl methyl sites for hydroxylation is 1. The number of nitrogen functional groups attached to an aromatic ring is 1. The first kappa shape index (κ1) is 12.8. The van der Waals surface area contributed by atoms with Crippen molar-refractivity contribution in [3.63, 3.8) is 0 Å². The molecule has 0 bridgehead atoms. The number of nitrogens with zero attached hydrogens (tertiary/aromatic N) is 2. The van der Waals surface area contributed by atoms with Crippen molar-refractivity contribution >= 4 is 17.3 Å². The van der Waals surface area contributed by atoms with Crippen LogP contribution in [0, 0.1) is 6.92 Å². The Labute approximate surface area is 110 Å².